The topological polar surface area (TPSA) is 51.2 Å². The monoisotopic (exact) mass is 424 g/mol. The number of amides is 1. The number of fused-ring (bicyclic) bond motifs is 1. The maximum Gasteiger partial charge on any atom is 0.408 e. The average Bonchev–Trinajstić information content (AvgIpc) is 2.78. The highest BCUT2D eigenvalue weighted by atomic mass is 16.6. The zero-order valence-electron chi connectivity index (χ0n) is 18.7. The number of rotatable bonds is 5. The van der Waals surface area contributed by atoms with Crippen LogP contribution in [0.5, 0.6) is 0 Å². The number of alkyl carbamates (subject to hydrolysis) is 1. The number of benzene rings is 3. The first-order valence-electron chi connectivity index (χ1n) is 10.9. The van der Waals surface area contributed by atoms with E-state index in [4.69, 9.17) is 9.72 Å². The predicted octanol–water partition coefficient (Wildman–Crippen LogP) is 6.71. The fourth-order valence-electron chi connectivity index (χ4n) is 3.86. The fraction of sp³-hybridized carbons (Fsp3) is 0.214. The van der Waals surface area contributed by atoms with Crippen molar-refractivity contribution >= 4 is 16.9 Å². The van der Waals surface area contributed by atoms with Gasteiger partial charge in [0, 0.05) is 17.1 Å². The number of pyridine rings is 1. The van der Waals surface area contributed by atoms with Crippen molar-refractivity contribution in [2.24, 2.45) is 0 Å². The van der Waals surface area contributed by atoms with Crippen LogP contribution in [-0.2, 0) is 11.2 Å². The van der Waals surface area contributed by atoms with Gasteiger partial charge in [0.25, 0.3) is 0 Å². The lowest BCUT2D eigenvalue weighted by Gasteiger charge is -2.24. The van der Waals surface area contributed by atoms with Crippen LogP contribution >= 0.6 is 0 Å². The molecule has 4 rings (SSSR count). The van der Waals surface area contributed by atoms with Crippen molar-refractivity contribution in [1.82, 2.24) is 10.3 Å². The van der Waals surface area contributed by atoms with E-state index >= 15 is 0 Å². The summed E-state index contributed by atoms with van der Waals surface area (Å²) in [6.07, 6.45) is 2.07. The van der Waals surface area contributed by atoms with Gasteiger partial charge in [-0.25, -0.2) is 4.79 Å². The molecule has 4 aromatic rings. The van der Waals surface area contributed by atoms with Gasteiger partial charge in [0.05, 0.1) is 11.7 Å². The predicted molar refractivity (Wildman–Crippen MR) is 129 cm³/mol. The van der Waals surface area contributed by atoms with E-state index in [2.05, 4.69) is 41.7 Å². The standard InChI is InChI=1S/C28H28N2O2/c1-28(2,3)32-27(31)30-25(18-20-12-6-4-7-13-20)26-23-17-11-10-16-22(23)24(19-29-26)21-14-8-5-9-15-21/h4-17,19,25H,18H2,1-3H3,(H,30,31)/t25-/m0/s1. The Balaban J connectivity index is 1.78. The van der Waals surface area contributed by atoms with Crippen LogP contribution in [0.1, 0.15) is 38.1 Å². The Bertz CT molecular complexity index is 1200. The lowest BCUT2D eigenvalue weighted by molar-refractivity contribution is 0.0502. The zero-order chi connectivity index (χ0) is 22.6. The molecule has 1 N–H and O–H groups in total. The van der Waals surface area contributed by atoms with Crippen molar-refractivity contribution in [3.63, 3.8) is 0 Å². The first-order valence-corrected chi connectivity index (χ1v) is 10.9. The summed E-state index contributed by atoms with van der Waals surface area (Å²) in [7, 11) is 0. The Kier molecular flexibility index (Phi) is 6.22. The maximum atomic E-state index is 12.7. The SMILES string of the molecule is CC(C)(C)OC(=O)N[C@@H](Cc1ccccc1)c1ncc(-c2ccccc2)c2ccccc12. The molecule has 0 unspecified atom stereocenters. The van der Waals surface area contributed by atoms with Crippen molar-refractivity contribution in [3.8, 4) is 11.1 Å². The van der Waals surface area contributed by atoms with Crippen LogP contribution in [0.2, 0.25) is 0 Å². The van der Waals surface area contributed by atoms with Gasteiger partial charge in [0.2, 0.25) is 0 Å². The summed E-state index contributed by atoms with van der Waals surface area (Å²) in [5, 5.41) is 5.19. The van der Waals surface area contributed by atoms with Crippen molar-refractivity contribution < 1.29 is 9.53 Å². The summed E-state index contributed by atoms with van der Waals surface area (Å²) in [4.78, 5) is 17.6. The van der Waals surface area contributed by atoms with Gasteiger partial charge in [-0.15, -0.1) is 0 Å². The minimum atomic E-state index is -0.575. The lowest BCUT2D eigenvalue weighted by Crippen LogP contribution is -2.36. The van der Waals surface area contributed by atoms with Crippen LogP contribution < -0.4 is 5.32 Å². The van der Waals surface area contributed by atoms with Crippen LogP contribution in [0.25, 0.3) is 21.9 Å². The molecule has 1 atom stereocenters. The lowest BCUT2D eigenvalue weighted by atomic mass is 9.95. The average molecular weight is 425 g/mol. The van der Waals surface area contributed by atoms with Gasteiger partial charge in [-0.2, -0.15) is 0 Å². The molecule has 3 aromatic carbocycles. The van der Waals surface area contributed by atoms with Crippen LogP contribution in [0.15, 0.2) is 91.1 Å². The van der Waals surface area contributed by atoms with Crippen LogP contribution in [0.3, 0.4) is 0 Å². The maximum absolute atomic E-state index is 12.7. The summed E-state index contributed by atoms with van der Waals surface area (Å²) in [6.45, 7) is 5.59. The molecule has 1 amide bonds. The number of hydrogen-bond acceptors (Lipinski definition) is 3. The van der Waals surface area contributed by atoms with E-state index in [1.807, 2.05) is 75.5 Å². The third-order valence-corrected chi connectivity index (χ3v) is 5.21. The van der Waals surface area contributed by atoms with E-state index < -0.39 is 11.7 Å². The van der Waals surface area contributed by atoms with Gasteiger partial charge in [-0.3, -0.25) is 4.98 Å². The number of nitrogens with zero attached hydrogens (tertiary/aromatic N) is 1. The minimum Gasteiger partial charge on any atom is -0.444 e. The Labute approximate surface area is 189 Å². The molecule has 0 aliphatic carbocycles. The van der Waals surface area contributed by atoms with Gasteiger partial charge < -0.3 is 10.1 Å². The number of aromatic nitrogens is 1. The number of carbonyl (C=O) groups excluding carboxylic acids is 1. The largest absolute Gasteiger partial charge is 0.444 e. The number of ether oxygens (including phenoxy) is 1. The van der Waals surface area contributed by atoms with Gasteiger partial charge in [-0.1, -0.05) is 84.9 Å². The second-order valence-corrected chi connectivity index (χ2v) is 8.86. The molecule has 0 saturated heterocycles. The highest BCUT2D eigenvalue weighted by Crippen LogP contribution is 2.32. The van der Waals surface area contributed by atoms with E-state index in [1.165, 1.54) is 0 Å². The molecule has 32 heavy (non-hydrogen) atoms. The molecule has 0 fully saturated rings. The van der Waals surface area contributed by atoms with Crippen molar-refractivity contribution in [1.29, 1.82) is 0 Å². The van der Waals surface area contributed by atoms with Gasteiger partial charge >= 0.3 is 6.09 Å². The van der Waals surface area contributed by atoms with E-state index in [9.17, 15) is 4.79 Å². The van der Waals surface area contributed by atoms with Crippen LogP contribution in [-0.4, -0.2) is 16.7 Å². The molecular formula is C28H28N2O2. The first kappa shape index (κ1) is 21.6. The molecule has 162 valence electrons. The van der Waals surface area contributed by atoms with E-state index in [0.29, 0.717) is 6.42 Å². The second kappa shape index (κ2) is 9.23. The van der Waals surface area contributed by atoms with Crippen molar-refractivity contribution in [2.75, 3.05) is 0 Å². The number of carbonyl (C=O) groups is 1. The molecule has 0 aliphatic rings. The molecule has 0 saturated carbocycles. The molecular weight excluding hydrogens is 396 g/mol. The highest BCUT2D eigenvalue weighted by Gasteiger charge is 2.24. The summed E-state index contributed by atoms with van der Waals surface area (Å²) in [6, 6.07) is 28.2. The van der Waals surface area contributed by atoms with Crippen molar-refractivity contribution in [2.45, 2.75) is 38.8 Å². The quantitative estimate of drug-likeness (QED) is 0.387. The molecule has 0 bridgehead atoms. The van der Waals surface area contributed by atoms with E-state index in [0.717, 1.165) is 33.2 Å². The molecule has 0 radical (unpaired) electrons. The zero-order valence-corrected chi connectivity index (χ0v) is 18.7. The smallest absolute Gasteiger partial charge is 0.408 e. The molecule has 4 nitrogen and oxygen atoms in total. The fourth-order valence-corrected chi connectivity index (χ4v) is 3.86. The van der Waals surface area contributed by atoms with Gasteiger partial charge in [-0.05, 0) is 43.7 Å². The molecule has 1 aromatic heterocycles. The minimum absolute atomic E-state index is 0.332. The third kappa shape index (κ3) is 5.14. The summed E-state index contributed by atoms with van der Waals surface area (Å²) >= 11 is 0. The van der Waals surface area contributed by atoms with Gasteiger partial charge in [0.1, 0.15) is 5.60 Å². The molecule has 4 heteroatoms. The molecule has 0 aliphatic heterocycles. The van der Waals surface area contributed by atoms with E-state index in [1.54, 1.807) is 0 Å². The molecule has 0 spiro atoms. The van der Waals surface area contributed by atoms with Crippen LogP contribution in [0.4, 0.5) is 4.79 Å². The second-order valence-electron chi connectivity index (χ2n) is 8.86. The number of hydrogen-bond donors (Lipinski definition) is 1. The van der Waals surface area contributed by atoms with Gasteiger partial charge in [0.15, 0.2) is 0 Å². The highest BCUT2D eigenvalue weighted by molar-refractivity contribution is 5.97. The summed E-state index contributed by atoms with van der Waals surface area (Å²) in [5.41, 5.74) is 3.55. The first-order chi connectivity index (χ1) is 15.4. The number of nitrogens with one attached hydrogen (secondary N) is 1. The molecule has 1 heterocycles. The Hall–Kier alpha value is -3.66. The normalized spacial score (nSPS) is 12.3. The summed E-state index contributed by atoms with van der Waals surface area (Å²) in [5.74, 6) is 0. The van der Waals surface area contributed by atoms with Crippen LogP contribution in [0, 0.1) is 0 Å². The summed E-state index contributed by atoms with van der Waals surface area (Å²) < 4.78 is 5.55. The Morgan fingerprint density at radius 2 is 1.47 bits per heavy atom. The Morgan fingerprint density at radius 1 is 0.875 bits per heavy atom. The van der Waals surface area contributed by atoms with E-state index in [-0.39, 0.29) is 6.04 Å². The Morgan fingerprint density at radius 3 is 2.12 bits per heavy atom. The third-order valence-electron chi connectivity index (χ3n) is 5.21. The van der Waals surface area contributed by atoms with Crippen molar-refractivity contribution in [3.05, 3.63) is 102 Å².